The lowest BCUT2D eigenvalue weighted by atomic mass is 10.2. The van der Waals surface area contributed by atoms with E-state index in [1.165, 1.54) is 6.07 Å². The molecule has 0 amide bonds. The van der Waals surface area contributed by atoms with E-state index in [4.69, 9.17) is 15.2 Å². The third kappa shape index (κ3) is 2.11. The molecule has 0 radical (unpaired) electrons. The van der Waals surface area contributed by atoms with Crippen LogP contribution >= 0.6 is 0 Å². The Kier molecular flexibility index (Phi) is 2.52. The van der Waals surface area contributed by atoms with Gasteiger partial charge in [0.2, 0.25) is 0 Å². The Morgan fingerprint density at radius 3 is 2.50 bits per heavy atom. The molecule has 4 nitrogen and oxygen atoms in total. The Labute approximate surface area is 68.0 Å². The van der Waals surface area contributed by atoms with Gasteiger partial charge in [0.25, 0.3) is 0 Å². The first-order chi connectivity index (χ1) is 5.59. The Morgan fingerprint density at radius 2 is 2.00 bits per heavy atom. The zero-order chi connectivity index (χ0) is 9.14. The SMILES string of the molecule is OB(O)Oc1ccc(O)c(F)c1. The van der Waals surface area contributed by atoms with Gasteiger partial charge >= 0.3 is 7.32 Å². The monoisotopic (exact) mass is 172 g/mol. The van der Waals surface area contributed by atoms with Gasteiger partial charge in [-0.15, -0.1) is 0 Å². The highest BCUT2D eigenvalue weighted by atomic mass is 19.1. The van der Waals surface area contributed by atoms with Crippen LogP contribution in [0.5, 0.6) is 11.5 Å². The Hall–Kier alpha value is -1.27. The minimum Gasteiger partial charge on any atom is -0.512 e. The summed E-state index contributed by atoms with van der Waals surface area (Å²) < 4.78 is 16.8. The van der Waals surface area contributed by atoms with E-state index >= 15 is 0 Å². The molecule has 0 unspecified atom stereocenters. The van der Waals surface area contributed by atoms with E-state index in [0.717, 1.165) is 12.1 Å². The first-order valence-electron chi connectivity index (χ1n) is 3.11. The predicted octanol–water partition coefficient (Wildman–Crippen LogP) is -0.120. The minimum atomic E-state index is -1.99. The maximum absolute atomic E-state index is 12.5. The van der Waals surface area contributed by atoms with Gasteiger partial charge in [0, 0.05) is 6.07 Å². The van der Waals surface area contributed by atoms with Crippen molar-refractivity contribution < 1.29 is 24.2 Å². The minimum absolute atomic E-state index is 0.0692. The Balaban J connectivity index is 2.82. The lowest BCUT2D eigenvalue weighted by Gasteiger charge is -2.04. The van der Waals surface area contributed by atoms with Crippen LogP contribution in [0.1, 0.15) is 0 Å². The molecular weight excluding hydrogens is 166 g/mol. The van der Waals surface area contributed by atoms with Gasteiger partial charge in [0.1, 0.15) is 5.75 Å². The summed E-state index contributed by atoms with van der Waals surface area (Å²) in [6.07, 6.45) is 0. The number of phenols is 1. The van der Waals surface area contributed by atoms with Gasteiger partial charge in [-0.3, -0.25) is 0 Å². The van der Waals surface area contributed by atoms with E-state index in [1.807, 2.05) is 0 Å². The standard InChI is InChI=1S/C6H6BFO4/c8-5-3-4(12-7(10)11)1-2-6(5)9/h1-3,9-11H. The molecule has 64 valence electrons. The van der Waals surface area contributed by atoms with Crippen molar-refractivity contribution in [3.05, 3.63) is 24.0 Å². The van der Waals surface area contributed by atoms with Crippen molar-refractivity contribution in [1.29, 1.82) is 0 Å². The first-order valence-corrected chi connectivity index (χ1v) is 3.11. The van der Waals surface area contributed by atoms with Crippen LogP contribution in [0.15, 0.2) is 18.2 Å². The summed E-state index contributed by atoms with van der Waals surface area (Å²) in [5, 5.41) is 25.4. The van der Waals surface area contributed by atoms with E-state index in [1.54, 1.807) is 0 Å². The van der Waals surface area contributed by atoms with E-state index in [2.05, 4.69) is 4.65 Å². The lowest BCUT2D eigenvalue weighted by molar-refractivity contribution is 0.287. The van der Waals surface area contributed by atoms with Crippen LogP contribution in [0.3, 0.4) is 0 Å². The fraction of sp³-hybridized carbons (Fsp3) is 0. The molecule has 6 heteroatoms. The van der Waals surface area contributed by atoms with Crippen LogP contribution in [0.25, 0.3) is 0 Å². The summed E-state index contributed by atoms with van der Waals surface area (Å²) in [7, 11) is -1.99. The number of hydrogen-bond acceptors (Lipinski definition) is 4. The molecule has 0 aliphatic carbocycles. The van der Waals surface area contributed by atoms with Crippen molar-refractivity contribution in [3.8, 4) is 11.5 Å². The molecule has 0 bridgehead atoms. The smallest absolute Gasteiger partial charge is 0.512 e. The summed E-state index contributed by atoms with van der Waals surface area (Å²) in [5.41, 5.74) is 0. The van der Waals surface area contributed by atoms with Crippen LogP contribution in [0.4, 0.5) is 4.39 Å². The summed E-state index contributed by atoms with van der Waals surface area (Å²) in [4.78, 5) is 0. The number of hydrogen-bond donors (Lipinski definition) is 3. The molecule has 0 saturated heterocycles. The highest BCUT2D eigenvalue weighted by Gasteiger charge is 2.12. The van der Waals surface area contributed by atoms with Crippen molar-refractivity contribution in [2.45, 2.75) is 0 Å². The second-order valence-corrected chi connectivity index (χ2v) is 2.06. The summed E-state index contributed by atoms with van der Waals surface area (Å²) in [5.74, 6) is -1.47. The number of benzene rings is 1. The average molecular weight is 172 g/mol. The van der Waals surface area contributed by atoms with Crippen molar-refractivity contribution in [2.24, 2.45) is 0 Å². The zero-order valence-electron chi connectivity index (χ0n) is 5.94. The quantitative estimate of drug-likeness (QED) is 0.543. The van der Waals surface area contributed by atoms with Crippen LogP contribution in [0.2, 0.25) is 0 Å². The third-order valence-electron chi connectivity index (χ3n) is 1.16. The predicted molar refractivity (Wildman–Crippen MR) is 38.9 cm³/mol. The van der Waals surface area contributed by atoms with Crippen molar-refractivity contribution >= 4 is 7.32 Å². The fourth-order valence-corrected chi connectivity index (χ4v) is 0.683. The van der Waals surface area contributed by atoms with Gasteiger partial charge in [-0.05, 0) is 12.1 Å². The van der Waals surface area contributed by atoms with Crippen molar-refractivity contribution in [2.75, 3.05) is 0 Å². The van der Waals surface area contributed by atoms with E-state index in [9.17, 15) is 4.39 Å². The molecule has 0 atom stereocenters. The number of rotatable bonds is 2. The van der Waals surface area contributed by atoms with Gasteiger partial charge in [-0.2, -0.15) is 0 Å². The zero-order valence-corrected chi connectivity index (χ0v) is 5.94. The summed E-state index contributed by atoms with van der Waals surface area (Å²) in [6, 6.07) is 3.10. The Bertz CT molecular complexity index is 278. The van der Waals surface area contributed by atoms with E-state index in [0.29, 0.717) is 0 Å². The van der Waals surface area contributed by atoms with Crippen LogP contribution in [-0.4, -0.2) is 22.5 Å². The van der Waals surface area contributed by atoms with Gasteiger partial charge < -0.3 is 19.8 Å². The molecular formula is C6H6BFO4. The summed E-state index contributed by atoms with van der Waals surface area (Å²) in [6.45, 7) is 0. The van der Waals surface area contributed by atoms with Gasteiger partial charge in [0.05, 0.1) is 0 Å². The average Bonchev–Trinajstić information content (AvgIpc) is 1.96. The molecule has 0 aliphatic heterocycles. The molecule has 3 N–H and O–H groups in total. The number of phenolic OH excluding ortho intramolecular Hbond substituents is 1. The van der Waals surface area contributed by atoms with Gasteiger partial charge in [-0.25, -0.2) is 4.39 Å². The summed E-state index contributed by atoms with van der Waals surface area (Å²) >= 11 is 0. The molecule has 1 rings (SSSR count). The molecule has 1 aromatic carbocycles. The molecule has 12 heavy (non-hydrogen) atoms. The highest BCUT2D eigenvalue weighted by Crippen LogP contribution is 2.20. The van der Waals surface area contributed by atoms with Crippen LogP contribution in [0, 0.1) is 5.82 Å². The van der Waals surface area contributed by atoms with Crippen LogP contribution in [-0.2, 0) is 0 Å². The number of aromatic hydroxyl groups is 1. The van der Waals surface area contributed by atoms with Crippen molar-refractivity contribution in [3.63, 3.8) is 0 Å². The number of halogens is 1. The normalized spacial score (nSPS) is 9.58. The maximum atomic E-state index is 12.5. The van der Waals surface area contributed by atoms with Crippen molar-refractivity contribution in [1.82, 2.24) is 0 Å². The highest BCUT2D eigenvalue weighted by molar-refractivity contribution is 6.33. The molecule has 0 aromatic heterocycles. The van der Waals surface area contributed by atoms with Crippen LogP contribution < -0.4 is 4.65 Å². The molecule has 0 heterocycles. The molecule has 0 aliphatic rings. The second kappa shape index (κ2) is 3.42. The largest absolute Gasteiger partial charge is 0.707 e. The molecule has 0 spiro atoms. The maximum Gasteiger partial charge on any atom is 0.707 e. The van der Waals surface area contributed by atoms with E-state index < -0.39 is 18.9 Å². The first kappa shape index (κ1) is 8.83. The molecule has 0 fully saturated rings. The van der Waals surface area contributed by atoms with Gasteiger partial charge in [0.15, 0.2) is 11.6 Å². The fourth-order valence-electron chi connectivity index (χ4n) is 0.683. The Morgan fingerprint density at radius 1 is 1.33 bits per heavy atom. The third-order valence-corrected chi connectivity index (χ3v) is 1.16. The lowest BCUT2D eigenvalue weighted by Crippen LogP contribution is -2.20. The van der Waals surface area contributed by atoms with Gasteiger partial charge in [-0.1, -0.05) is 0 Å². The van der Waals surface area contributed by atoms with E-state index in [-0.39, 0.29) is 5.75 Å². The molecule has 0 saturated carbocycles. The molecule has 1 aromatic rings. The topological polar surface area (TPSA) is 69.9 Å². The second-order valence-electron chi connectivity index (χ2n) is 2.06.